The number of hydrogen-bond donors (Lipinski definition) is 1. The summed E-state index contributed by atoms with van der Waals surface area (Å²) in [5.74, 6) is -0.141. The molecule has 2 aliphatic heterocycles. The second kappa shape index (κ2) is 10.5. The van der Waals surface area contributed by atoms with E-state index in [1.807, 2.05) is 18.2 Å². The van der Waals surface area contributed by atoms with E-state index in [1.54, 1.807) is 23.4 Å². The second-order valence-corrected chi connectivity index (χ2v) is 12.1. The van der Waals surface area contributed by atoms with Gasteiger partial charge in [-0.05, 0) is 79.8 Å². The van der Waals surface area contributed by atoms with E-state index >= 15 is 0 Å². The molecule has 0 radical (unpaired) electrons. The minimum absolute atomic E-state index is 0.0202. The van der Waals surface area contributed by atoms with Crippen molar-refractivity contribution in [2.24, 2.45) is 5.41 Å². The smallest absolute Gasteiger partial charge is 0.248 e. The van der Waals surface area contributed by atoms with Crippen molar-refractivity contribution in [3.8, 4) is 0 Å². The number of rotatable bonds is 3. The molecule has 5 heterocycles. The number of aromatic nitrogens is 4. The van der Waals surface area contributed by atoms with Gasteiger partial charge in [0.15, 0.2) is 5.78 Å². The van der Waals surface area contributed by atoms with Crippen LogP contribution in [-0.2, 0) is 16.1 Å². The van der Waals surface area contributed by atoms with E-state index in [0.717, 1.165) is 44.3 Å². The quantitative estimate of drug-likeness (QED) is 0.355. The predicted octanol–water partition coefficient (Wildman–Crippen LogP) is 3.92. The van der Waals surface area contributed by atoms with E-state index in [2.05, 4.69) is 54.3 Å². The molecule has 208 valence electrons. The molecule has 3 aliphatic rings. The summed E-state index contributed by atoms with van der Waals surface area (Å²) in [7, 11) is 2.13. The van der Waals surface area contributed by atoms with E-state index in [9.17, 15) is 14.4 Å². The fourth-order valence-electron chi connectivity index (χ4n) is 6.40. The van der Waals surface area contributed by atoms with Gasteiger partial charge in [-0.1, -0.05) is 12.2 Å². The lowest BCUT2D eigenvalue weighted by atomic mass is 9.98. The number of pyridine rings is 2. The van der Waals surface area contributed by atoms with Crippen molar-refractivity contribution in [1.29, 1.82) is 0 Å². The molecule has 40 heavy (non-hydrogen) atoms. The SMILES string of the molecule is CC(=O)c1nn(CC(=O)N2[C@H]3C[C@]4(C[C@@H]24)CN(C)CCCC/C=C\c2ccc(Br)nc2NC3=O)c2cnccc12. The monoisotopic (exact) mass is 605 g/mol. The van der Waals surface area contributed by atoms with Crippen LogP contribution in [0.25, 0.3) is 17.0 Å². The summed E-state index contributed by atoms with van der Waals surface area (Å²) in [5, 5.41) is 8.15. The fraction of sp³-hybridized carbons (Fsp3) is 0.448. The maximum Gasteiger partial charge on any atom is 0.248 e. The van der Waals surface area contributed by atoms with Gasteiger partial charge in [0.1, 0.15) is 28.7 Å². The maximum atomic E-state index is 14.0. The Hall–Kier alpha value is -3.44. The van der Waals surface area contributed by atoms with E-state index in [4.69, 9.17) is 0 Å². The zero-order valence-corrected chi connectivity index (χ0v) is 24.2. The Morgan fingerprint density at radius 2 is 2.05 bits per heavy atom. The zero-order chi connectivity index (χ0) is 28.0. The van der Waals surface area contributed by atoms with Crippen molar-refractivity contribution in [2.45, 2.75) is 57.7 Å². The lowest BCUT2D eigenvalue weighted by molar-refractivity contribution is -0.138. The Morgan fingerprint density at radius 1 is 1.20 bits per heavy atom. The second-order valence-electron chi connectivity index (χ2n) is 11.3. The van der Waals surface area contributed by atoms with Gasteiger partial charge >= 0.3 is 0 Å². The van der Waals surface area contributed by atoms with Crippen LogP contribution in [0.5, 0.6) is 0 Å². The number of nitrogens with one attached hydrogen (secondary N) is 1. The maximum absolute atomic E-state index is 14.0. The molecule has 1 N–H and O–H groups in total. The molecule has 1 saturated heterocycles. The van der Waals surface area contributed by atoms with Gasteiger partial charge < -0.3 is 15.1 Å². The Bertz CT molecular complexity index is 1540. The topological polar surface area (TPSA) is 113 Å². The van der Waals surface area contributed by atoms with Crippen LogP contribution in [0.15, 0.2) is 41.3 Å². The van der Waals surface area contributed by atoms with Crippen LogP contribution in [0.3, 0.4) is 0 Å². The Kier molecular flexibility index (Phi) is 7.03. The molecule has 0 unspecified atom stereocenters. The number of carbonyl (C=O) groups is 3. The van der Waals surface area contributed by atoms with Crippen molar-refractivity contribution in [3.63, 3.8) is 0 Å². The summed E-state index contributed by atoms with van der Waals surface area (Å²) in [6.45, 7) is 3.19. The summed E-state index contributed by atoms with van der Waals surface area (Å²) in [6, 6.07) is 4.87. The Labute approximate surface area is 241 Å². The van der Waals surface area contributed by atoms with Crippen LogP contribution in [0.2, 0.25) is 0 Å². The third-order valence-corrected chi connectivity index (χ3v) is 8.80. The van der Waals surface area contributed by atoms with Crippen molar-refractivity contribution < 1.29 is 14.4 Å². The number of ketones is 1. The first-order valence-electron chi connectivity index (χ1n) is 13.7. The van der Waals surface area contributed by atoms with E-state index in [0.29, 0.717) is 33.4 Å². The van der Waals surface area contributed by atoms with Crippen molar-refractivity contribution in [1.82, 2.24) is 29.5 Å². The average molecular weight is 607 g/mol. The van der Waals surface area contributed by atoms with Gasteiger partial charge in [0.2, 0.25) is 11.8 Å². The summed E-state index contributed by atoms with van der Waals surface area (Å²) in [6.07, 6.45) is 11.9. The molecule has 10 nitrogen and oxygen atoms in total. The molecule has 11 heteroatoms. The first-order chi connectivity index (χ1) is 19.3. The number of Topliss-reactive ketones (excluding diaryl/α,β-unsaturated/α-hetero) is 1. The highest BCUT2D eigenvalue weighted by atomic mass is 79.9. The van der Waals surface area contributed by atoms with Gasteiger partial charge in [-0.3, -0.25) is 24.0 Å². The van der Waals surface area contributed by atoms with Gasteiger partial charge in [0.05, 0.1) is 11.7 Å². The number of allylic oxidation sites excluding steroid dienone is 1. The molecule has 1 spiro atoms. The molecule has 3 aromatic heterocycles. The fourth-order valence-corrected chi connectivity index (χ4v) is 6.71. The summed E-state index contributed by atoms with van der Waals surface area (Å²) in [4.78, 5) is 52.8. The Balaban J connectivity index is 1.33. The van der Waals surface area contributed by atoms with Crippen LogP contribution in [0.1, 0.15) is 55.1 Å². The molecule has 2 amide bonds. The van der Waals surface area contributed by atoms with Gasteiger partial charge in [-0.25, -0.2) is 4.98 Å². The van der Waals surface area contributed by atoms with Crippen LogP contribution in [0, 0.1) is 5.41 Å². The molecule has 1 aliphatic carbocycles. The molecule has 2 bridgehead atoms. The number of hydrogen-bond acceptors (Lipinski definition) is 7. The number of anilines is 1. The lowest BCUT2D eigenvalue weighted by Gasteiger charge is -2.27. The molecule has 2 fully saturated rings. The zero-order valence-electron chi connectivity index (χ0n) is 22.6. The minimum Gasteiger partial charge on any atom is -0.325 e. The number of fused-ring (bicyclic) bond motifs is 3. The van der Waals surface area contributed by atoms with Crippen molar-refractivity contribution in [2.75, 3.05) is 25.5 Å². The van der Waals surface area contributed by atoms with Crippen LogP contribution >= 0.6 is 15.9 Å². The first kappa shape index (κ1) is 26.8. The summed E-state index contributed by atoms with van der Waals surface area (Å²) < 4.78 is 2.16. The summed E-state index contributed by atoms with van der Waals surface area (Å²) >= 11 is 3.42. The molecule has 3 atom stereocenters. The van der Waals surface area contributed by atoms with Crippen molar-refractivity contribution in [3.05, 3.63) is 52.5 Å². The van der Waals surface area contributed by atoms with E-state index in [-0.39, 0.29) is 35.6 Å². The first-order valence-corrected chi connectivity index (χ1v) is 14.5. The van der Waals surface area contributed by atoms with Gasteiger partial charge in [-0.15, -0.1) is 0 Å². The molecular weight excluding hydrogens is 574 g/mol. The third kappa shape index (κ3) is 4.96. The van der Waals surface area contributed by atoms with E-state index in [1.165, 1.54) is 11.6 Å². The number of amides is 2. The van der Waals surface area contributed by atoms with E-state index < -0.39 is 6.04 Å². The highest BCUT2D eigenvalue weighted by Crippen LogP contribution is 2.60. The summed E-state index contributed by atoms with van der Waals surface area (Å²) in [5.41, 5.74) is 1.64. The molecular formula is C29H32BrN7O3. The number of nitrogens with zero attached hydrogens (tertiary/aromatic N) is 6. The van der Waals surface area contributed by atoms with Gasteiger partial charge in [0, 0.05) is 42.1 Å². The normalized spacial score (nSPS) is 25.9. The van der Waals surface area contributed by atoms with Crippen LogP contribution < -0.4 is 5.32 Å². The molecule has 0 aromatic carbocycles. The van der Waals surface area contributed by atoms with Gasteiger partial charge in [-0.2, -0.15) is 5.10 Å². The Morgan fingerprint density at radius 3 is 2.88 bits per heavy atom. The van der Waals surface area contributed by atoms with Crippen molar-refractivity contribution >= 4 is 56.3 Å². The number of carbonyl (C=O) groups excluding carboxylic acids is 3. The number of likely N-dealkylation sites (tertiary alicyclic amines) is 1. The van der Waals surface area contributed by atoms with Gasteiger partial charge in [0.25, 0.3) is 0 Å². The predicted molar refractivity (Wildman–Crippen MR) is 155 cm³/mol. The molecule has 3 aromatic rings. The minimum atomic E-state index is -0.630. The molecule has 1 saturated carbocycles. The van der Waals surface area contributed by atoms with Crippen LogP contribution in [-0.4, -0.2) is 79.4 Å². The standard InChI is InChI=1S/C29H32BrN7O3/c1-18(38)26-20-10-11-31-15-22(20)36(34-26)16-25(39)37-21-13-29(14-23(29)37)17-35(2)12-6-4-3-5-7-19-8-9-24(30)32-27(19)33-28(21)40/h5,7-11,15,21,23H,3-4,6,12-14,16-17H2,1-2H3,(H,32,33,40)/b7-5-/t21-,23+,29-/m0/s1. The average Bonchev–Trinajstić information content (AvgIpc) is 3.31. The largest absolute Gasteiger partial charge is 0.325 e. The highest BCUT2D eigenvalue weighted by molar-refractivity contribution is 9.10. The van der Waals surface area contributed by atoms with Crippen LogP contribution in [0.4, 0.5) is 5.82 Å². The number of halogens is 1. The lowest BCUT2D eigenvalue weighted by Crippen LogP contribution is -2.47. The molecule has 6 rings (SSSR count). The highest BCUT2D eigenvalue weighted by Gasteiger charge is 2.67. The number of piperidine rings is 1. The third-order valence-electron chi connectivity index (χ3n) is 8.36.